The smallest absolute Gasteiger partial charge is 0.230 e. The Morgan fingerprint density at radius 3 is 1.38 bits per heavy atom. The van der Waals surface area contributed by atoms with E-state index in [1.54, 1.807) is 48.5 Å². The third-order valence-corrected chi connectivity index (χ3v) is 5.49. The molecule has 6 nitrogen and oxygen atoms in total. The average Bonchev–Trinajstić information content (AvgIpc) is 2.76. The van der Waals surface area contributed by atoms with Crippen LogP contribution in [0.4, 0.5) is 0 Å². The number of amides is 2. The van der Waals surface area contributed by atoms with Crippen LogP contribution in [0.3, 0.4) is 0 Å². The van der Waals surface area contributed by atoms with E-state index in [-0.39, 0.29) is 33.6 Å². The van der Waals surface area contributed by atoms with Crippen LogP contribution in [0.5, 0.6) is 0 Å². The van der Waals surface area contributed by atoms with Crippen LogP contribution in [0.1, 0.15) is 27.1 Å². The van der Waals surface area contributed by atoms with E-state index < -0.39 is 0 Å². The van der Waals surface area contributed by atoms with E-state index in [1.807, 2.05) is 12.1 Å². The lowest BCUT2D eigenvalue weighted by molar-refractivity contribution is -0.118. The molecule has 0 aliphatic rings. The molecule has 0 heterocycles. The van der Waals surface area contributed by atoms with Crippen LogP contribution in [0, 0.1) is 0 Å². The van der Waals surface area contributed by atoms with Gasteiger partial charge in [0.05, 0.1) is 11.5 Å². The molecule has 8 heteroatoms. The lowest BCUT2D eigenvalue weighted by atomic mass is 10.2. The number of hydrogen-bond acceptors (Lipinski definition) is 6. The van der Waals surface area contributed by atoms with Gasteiger partial charge in [0.2, 0.25) is 22.0 Å². The maximum absolute atomic E-state index is 11.9. The third-order valence-electron chi connectivity index (χ3n) is 3.69. The van der Waals surface area contributed by atoms with Gasteiger partial charge in [-0.15, -0.1) is 0 Å². The van der Waals surface area contributed by atoms with Gasteiger partial charge in [0.25, 0.3) is 0 Å². The summed E-state index contributed by atoms with van der Waals surface area (Å²) >= 11 is 1.92. The van der Waals surface area contributed by atoms with Gasteiger partial charge in [0.15, 0.2) is 0 Å². The Hall–Kier alpha value is -2.58. The largest absolute Gasteiger partial charge is 0.355 e. The predicted octanol–water partition coefficient (Wildman–Crippen LogP) is 2.76. The van der Waals surface area contributed by atoms with E-state index in [2.05, 4.69) is 10.6 Å². The van der Waals surface area contributed by atoms with Crippen LogP contribution in [-0.4, -0.2) is 46.6 Å². The van der Waals surface area contributed by atoms with Crippen LogP contribution in [-0.2, 0) is 9.59 Å². The topological polar surface area (TPSA) is 92.3 Å². The molecule has 152 valence electrons. The molecular weight excluding hydrogens is 408 g/mol. The number of benzene rings is 2. The summed E-state index contributed by atoms with van der Waals surface area (Å²) in [5.74, 6) is -0.347. The molecule has 0 spiro atoms. The first-order chi connectivity index (χ1) is 14.1. The summed E-state index contributed by atoms with van der Waals surface area (Å²) in [4.78, 5) is 47.4. The first-order valence-electron chi connectivity index (χ1n) is 9.04. The van der Waals surface area contributed by atoms with Gasteiger partial charge in [-0.2, -0.15) is 0 Å². The SMILES string of the molecule is O=C(CSC(=O)c1ccccc1)NCCCNC(=O)CSC(=O)c1ccccc1. The molecule has 2 N–H and O–H groups in total. The van der Waals surface area contributed by atoms with E-state index in [0.717, 1.165) is 23.5 Å². The van der Waals surface area contributed by atoms with Crippen molar-refractivity contribution >= 4 is 45.6 Å². The van der Waals surface area contributed by atoms with E-state index in [9.17, 15) is 19.2 Å². The van der Waals surface area contributed by atoms with Gasteiger partial charge in [-0.25, -0.2) is 0 Å². The summed E-state index contributed by atoms with van der Waals surface area (Å²) in [6.45, 7) is 0.796. The number of carbonyl (C=O) groups is 4. The number of hydrogen-bond donors (Lipinski definition) is 2. The predicted molar refractivity (Wildman–Crippen MR) is 117 cm³/mol. The zero-order chi connectivity index (χ0) is 20.9. The highest BCUT2D eigenvalue weighted by Crippen LogP contribution is 2.12. The molecule has 29 heavy (non-hydrogen) atoms. The molecule has 2 aromatic rings. The Morgan fingerprint density at radius 1 is 0.621 bits per heavy atom. The van der Waals surface area contributed by atoms with E-state index in [4.69, 9.17) is 0 Å². The fourth-order valence-electron chi connectivity index (χ4n) is 2.22. The summed E-state index contributed by atoms with van der Waals surface area (Å²) in [5, 5.41) is 5.14. The molecule has 0 atom stereocenters. The van der Waals surface area contributed by atoms with Gasteiger partial charge in [0, 0.05) is 24.2 Å². The zero-order valence-electron chi connectivity index (χ0n) is 15.8. The summed E-state index contributed by atoms with van der Waals surface area (Å²) in [6, 6.07) is 17.6. The van der Waals surface area contributed by atoms with E-state index in [0.29, 0.717) is 30.6 Å². The molecule has 2 rings (SSSR count). The van der Waals surface area contributed by atoms with Gasteiger partial charge in [-0.1, -0.05) is 84.2 Å². The first kappa shape index (κ1) is 22.7. The Bertz CT molecular complexity index is 760. The Labute approximate surface area is 178 Å². The molecule has 2 aromatic carbocycles. The molecule has 0 saturated carbocycles. The molecule has 0 unspecified atom stereocenters. The molecule has 0 saturated heterocycles. The van der Waals surface area contributed by atoms with Crippen LogP contribution in [0.15, 0.2) is 60.7 Å². The van der Waals surface area contributed by atoms with Crippen molar-refractivity contribution in [2.45, 2.75) is 6.42 Å². The lowest BCUT2D eigenvalue weighted by Crippen LogP contribution is -2.31. The van der Waals surface area contributed by atoms with E-state index >= 15 is 0 Å². The quantitative estimate of drug-likeness (QED) is 0.563. The summed E-state index contributed by atoms with van der Waals surface area (Å²) in [7, 11) is 0. The van der Waals surface area contributed by atoms with Gasteiger partial charge in [-0.3, -0.25) is 19.2 Å². The zero-order valence-corrected chi connectivity index (χ0v) is 17.4. The van der Waals surface area contributed by atoms with E-state index in [1.165, 1.54) is 0 Å². The molecule has 0 aliphatic carbocycles. The summed E-state index contributed by atoms with van der Waals surface area (Å²) in [6.07, 6.45) is 0.562. The highest BCUT2D eigenvalue weighted by atomic mass is 32.2. The fraction of sp³-hybridized carbons (Fsp3) is 0.238. The van der Waals surface area contributed by atoms with Gasteiger partial charge < -0.3 is 10.6 Å². The minimum atomic E-state index is -0.227. The number of rotatable bonds is 10. The van der Waals surface area contributed by atoms with Crippen molar-refractivity contribution in [3.05, 3.63) is 71.8 Å². The van der Waals surface area contributed by atoms with Crippen LogP contribution >= 0.6 is 23.5 Å². The highest BCUT2D eigenvalue weighted by Gasteiger charge is 2.10. The first-order valence-corrected chi connectivity index (χ1v) is 11.0. The second-order valence-electron chi connectivity index (χ2n) is 5.94. The Morgan fingerprint density at radius 2 is 1.00 bits per heavy atom. The van der Waals surface area contributed by atoms with Crippen molar-refractivity contribution in [1.82, 2.24) is 10.6 Å². The Balaban J connectivity index is 1.51. The van der Waals surface area contributed by atoms with Crippen LogP contribution in [0.25, 0.3) is 0 Å². The minimum absolute atomic E-state index is 0.0539. The normalized spacial score (nSPS) is 10.2. The number of nitrogens with one attached hydrogen (secondary N) is 2. The van der Waals surface area contributed by atoms with Gasteiger partial charge in [0.1, 0.15) is 0 Å². The second kappa shape index (κ2) is 12.8. The number of thioether (sulfide) groups is 2. The third kappa shape index (κ3) is 8.97. The summed E-state index contributed by atoms with van der Waals surface area (Å²) < 4.78 is 0. The van der Waals surface area contributed by atoms with Gasteiger partial charge >= 0.3 is 0 Å². The maximum Gasteiger partial charge on any atom is 0.230 e. The molecular formula is C21H22N2O4S2. The Kier molecular flexibility index (Phi) is 10.0. The van der Waals surface area contributed by atoms with Crippen molar-refractivity contribution in [3.8, 4) is 0 Å². The lowest BCUT2D eigenvalue weighted by Gasteiger charge is -2.07. The molecule has 0 fully saturated rings. The van der Waals surface area contributed by atoms with Gasteiger partial charge in [-0.05, 0) is 6.42 Å². The molecule has 0 aliphatic heterocycles. The maximum atomic E-state index is 11.9. The molecule has 2 amide bonds. The standard InChI is InChI=1S/C21H22N2O4S2/c24-18(14-28-20(26)16-8-3-1-4-9-16)22-12-7-13-23-19(25)15-29-21(27)17-10-5-2-6-11-17/h1-6,8-11H,7,12-15H2,(H,22,24)(H,23,25). The van der Waals surface area contributed by atoms with Crippen molar-refractivity contribution in [1.29, 1.82) is 0 Å². The van der Waals surface area contributed by atoms with Crippen molar-refractivity contribution in [3.63, 3.8) is 0 Å². The fourth-order valence-corrected chi connectivity index (χ4v) is 3.56. The van der Waals surface area contributed by atoms with Crippen LogP contribution < -0.4 is 10.6 Å². The van der Waals surface area contributed by atoms with Crippen molar-refractivity contribution in [2.24, 2.45) is 0 Å². The monoisotopic (exact) mass is 430 g/mol. The molecule has 0 radical (unpaired) electrons. The summed E-state index contributed by atoms with van der Waals surface area (Å²) in [5.41, 5.74) is 1.13. The van der Waals surface area contributed by atoms with Crippen molar-refractivity contribution < 1.29 is 19.2 Å². The second-order valence-corrected chi connectivity index (χ2v) is 7.83. The van der Waals surface area contributed by atoms with Crippen molar-refractivity contribution in [2.75, 3.05) is 24.6 Å². The molecule has 0 aromatic heterocycles. The average molecular weight is 431 g/mol. The molecule has 0 bridgehead atoms. The van der Waals surface area contributed by atoms with Crippen LogP contribution in [0.2, 0.25) is 0 Å². The number of carbonyl (C=O) groups excluding carboxylic acids is 4. The highest BCUT2D eigenvalue weighted by molar-refractivity contribution is 8.14. The minimum Gasteiger partial charge on any atom is -0.355 e.